The maximum Gasteiger partial charge on any atom is 0.259 e. The van der Waals surface area contributed by atoms with Crippen molar-refractivity contribution in [3.8, 4) is 0 Å². The van der Waals surface area contributed by atoms with Crippen LogP contribution in [0.25, 0.3) is 10.2 Å². The Morgan fingerprint density at radius 2 is 2.16 bits per heavy atom. The Labute approximate surface area is 149 Å². The van der Waals surface area contributed by atoms with Crippen LogP contribution in [0, 0.1) is 0 Å². The van der Waals surface area contributed by atoms with Crippen molar-refractivity contribution in [3.05, 3.63) is 53.9 Å². The van der Waals surface area contributed by atoms with Crippen molar-refractivity contribution in [2.45, 2.75) is 6.54 Å². The average molecular weight is 354 g/mol. The van der Waals surface area contributed by atoms with Gasteiger partial charge in [0.2, 0.25) is 0 Å². The van der Waals surface area contributed by atoms with E-state index in [4.69, 9.17) is 4.74 Å². The molecule has 1 aliphatic heterocycles. The normalized spacial score (nSPS) is 15.4. The van der Waals surface area contributed by atoms with Crippen molar-refractivity contribution >= 4 is 32.6 Å². The van der Waals surface area contributed by atoms with E-state index in [1.54, 1.807) is 24.5 Å². The van der Waals surface area contributed by atoms with Gasteiger partial charge in [0.05, 0.1) is 29.0 Å². The maximum atomic E-state index is 12.2. The number of fused-ring (bicyclic) bond motifs is 1. The van der Waals surface area contributed by atoms with Crippen LogP contribution < -0.4 is 5.32 Å². The number of carbonyl (C=O) groups excluding carboxylic acids is 1. The summed E-state index contributed by atoms with van der Waals surface area (Å²) >= 11 is 1.49. The molecule has 1 amide bonds. The molecule has 3 heterocycles. The zero-order chi connectivity index (χ0) is 17.1. The lowest BCUT2D eigenvalue weighted by Crippen LogP contribution is -2.35. The van der Waals surface area contributed by atoms with Crippen LogP contribution in [0.15, 0.2) is 42.7 Å². The van der Waals surface area contributed by atoms with Crippen molar-refractivity contribution < 1.29 is 9.53 Å². The van der Waals surface area contributed by atoms with E-state index in [9.17, 15) is 4.79 Å². The molecule has 1 aliphatic rings. The van der Waals surface area contributed by atoms with E-state index >= 15 is 0 Å². The van der Waals surface area contributed by atoms with E-state index < -0.39 is 0 Å². The summed E-state index contributed by atoms with van der Waals surface area (Å²) in [6.07, 6.45) is 3.19. The number of rotatable bonds is 4. The number of aromatic nitrogens is 2. The summed E-state index contributed by atoms with van der Waals surface area (Å²) in [7, 11) is 0. The van der Waals surface area contributed by atoms with Crippen molar-refractivity contribution in [3.63, 3.8) is 0 Å². The zero-order valence-electron chi connectivity index (χ0n) is 13.6. The molecule has 0 bridgehead atoms. The molecule has 1 saturated heterocycles. The molecule has 1 aromatic carbocycles. The van der Waals surface area contributed by atoms with Crippen molar-refractivity contribution in [2.24, 2.45) is 0 Å². The summed E-state index contributed by atoms with van der Waals surface area (Å²) in [6, 6.07) is 9.75. The number of nitrogens with one attached hydrogen (secondary N) is 1. The summed E-state index contributed by atoms with van der Waals surface area (Å²) in [5.74, 6) is -0.194. The molecule has 128 valence electrons. The third-order valence-corrected chi connectivity index (χ3v) is 5.04. The predicted molar refractivity (Wildman–Crippen MR) is 97.9 cm³/mol. The lowest BCUT2D eigenvalue weighted by atomic mass is 10.2. The molecule has 0 saturated carbocycles. The Bertz CT molecular complexity index is 875. The van der Waals surface area contributed by atoms with Crippen molar-refractivity contribution in [1.82, 2.24) is 14.9 Å². The minimum absolute atomic E-state index is 0.194. The second-order valence-electron chi connectivity index (χ2n) is 5.91. The summed E-state index contributed by atoms with van der Waals surface area (Å²) < 4.78 is 6.47. The standard InChI is InChI=1S/C18H18N4O2S/c23-17(14-2-1-5-19-11-14)21-18-20-15-4-3-13(10-16(15)25-18)12-22-6-8-24-9-7-22/h1-5,10-11H,6-9,12H2,(H,20,21,23). The smallest absolute Gasteiger partial charge is 0.259 e. The number of anilines is 1. The summed E-state index contributed by atoms with van der Waals surface area (Å²) in [5.41, 5.74) is 2.68. The number of benzene rings is 1. The fraction of sp³-hybridized carbons (Fsp3) is 0.278. The first kappa shape index (κ1) is 16.1. The number of morpholine rings is 1. The van der Waals surface area contributed by atoms with Gasteiger partial charge >= 0.3 is 0 Å². The molecule has 6 nitrogen and oxygen atoms in total. The highest BCUT2D eigenvalue weighted by atomic mass is 32.1. The number of thiazole rings is 1. The second kappa shape index (κ2) is 7.26. The van der Waals surface area contributed by atoms with Crippen LogP contribution in [0.5, 0.6) is 0 Å². The first-order valence-electron chi connectivity index (χ1n) is 8.19. The Morgan fingerprint density at radius 1 is 1.28 bits per heavy atom. The highest BCUT2D eigenvalue weighted by Crippen LogP contribution is 2.27. The summed E-state index contributed by atoms with van der Waals surface area (Å²) in [6.45, 7) is 4.44. The largest absolute Gasteiger partial charge is 0.379 e. The summed E-state index contributed by atoms with van der Waals surface area (Å²) in [5, 5.41) is 3.45. The number of hydrogen-bond acceptors (Lipinski definition) is 6. The van der Waals surface area contributed by atoms with Crippen LogP contribution in [-0.2, 0) is 11.3 Å². The quantitative estimate of drug-likeness (QED) is 0.780. The van der Waals surface area contributed by atoms with Gasteiger partial charge in [0, 0.05) is 32.0 Å². The number of hydrogen-bond donors (Lipinski definition) is 1. The highest BCUT2D eigenvalue weighted by Gasteiger charge is 2.13. The Kier molecular flexibility index (Phi) is 4.69. The lowest BCUT2D eigenvalue weighted by molar-refractivity contribution is 0.0342. The van der Waals surface area contributed by atoms with Crippen LogP contribution in [0.3, 0.4) is 0 Å². The highest BCUT2D eigenvalue weighted by molar-refractivity contribution is 7.22. The van der Waals surface area contributed by atoms with Gasteiger partial charge in [-0.1, -0.05) is 17.4 Å². The molecule has 4 rings (SSSR count). The van der Waals surface area contributed by atoms with Crippen LogP contribution >= 0.6 is 11.3 Å². The fourth-order valence-electron chi connectivity index (χ4n) is 2.80. The van der Waals surface area contributed by atoms with Crippen LogP contribution in [-0.4, -0.2) is 47.1 Å². The molecule has 1 fully saturated rings. The van der Waals surface area contributed by atoms with Crippen LogP contribution in [0.4, 0.5) is 5.13 Å². The minimum atomic E-state index is -0.194. The van der Waals surface area contributed by atoms with Crippen LogP contribution in [0.1, 0.15) is 15.9 Å². The van der Waals surface area contributed by atoms with Gasteiger partial charge in [-0.05, 0) is 29.8 Å². The predicted octanol–water partition coefficient (Wildman–Crippen LogP) is 2.78. The second-order valence-corrected chi connectivity index (χ2v) is 6.94. The molecule has 3 aromatic rings. The van der Waals surface area contributed by atoms with Crippen molar-refractivity contribution in [2.75, 3.05) is 31.6 Å². The molecular weight excluding hydrogens is 336 g/mol. The van der Waals surface area contributed by atoms with Crippen molar-refractivity contribution in [1.29, 1.82) is 0 Å². The topological polar surface area (TPSA) is 67.4 Å². The van der Waals surface area contributed by atoms with Gasteiger partial charge in [0.1, 0.15) is 0 Å². The Morgan fingerprint density at radius 3 is 2.96 bits per heavy atom. The minimum Gasteiger partial charge on any atom is -0.379 e. The van der Waals surface area contributed by atoms with Crippen LogP contribution in [0.2, 0.25) is 0 Å². The first-order chi connectivity index (χ1) is 12.3. The van der Waals surface area contributed by atoms with E-state index in [1.165, 1.54) is 16.9 Å². The molecule has 1 N–H and O–H groups in total. The van der Waals surface area contributed by atoms with Gasteiger partial charge < -0.3 is 4.74 Å². The molecule has 0 atom stereocenters. The van der Waals surface area contributed by atoms with E-state index in [0.29, 0.717) is 10.7 Å². The van der Waals surface area contributed by atoms with Gasteiger partial charge in [-0.3, -0.25) is 20.0 Å². The fourth-order valence-corrected chi connectivity index (χ4v) is 3.73. The lowest BCUT2D eigenvalue weighted by Gasteiger charge is -2.26. The molecule has 0 spiro atoms. The number of amides is 1. The number of pyridine rings is 1. The first-order valence-corrected chi connectivity index (χ1v) is 9.00. The third-order valence-electron chi connectivity index (χ3n) is 4.11. The average Bonchev–Trinajstić information content (AvgIpc) is 3.05. The molecule has 0 unspecified atom stereocenters. The van der Waals surface area contributed by atoms with Gasteiger partial charge in [-0.15, -0.1) is 0 Å². The molecular formula is C18H18N4O2S. The number of nitrogens with zero attached hydrogens (tertiary/aromatic N) is 3. The van der Waals surface area contributed by atoms with Gasteiger partial charge in [-0.2, -0.15) is 0 Å². The van der Waals surface area contributed by atoms with Gasteiger partial charge in [0.15, 0.2) is 5.13 Å². The zero-order valence-corrected chi connectivity index (χ0v) is 14.5. The number of ether oxygens (including phenoxy) is 1. The summed E-state index contributed by atoms with van der Waals surface area (Å²) in [4.78, 5) is 23.1. The monoisotopic (exact) mass is 354 g/mol. The van der Waals surface area contributed by atoms with E-state index in [0.717, 1.165) is 43.1 Å². The number of carbonyl (C=O) groups is 1. The maximum absolute atomic E-state index is 12.2. The van der Waals surface area contributed by atoms with Gasteiger partial charge in [-0.25, -0.2) is 4.98 Å². The molecule has 2 aromatic heterocycles. The van der Waals surface area contributed by atoms with E-state index in [2.05, 4.69) is 32.3 Å². The van der Waals surface area contributed by atoms with E-state index in [-0.39, 0.29) is 5.91 Å². The molecule has 0 radical (unpaired) electrons. The third kappa shape index (κ3) is 3.84. The molecule has 25 heavy (non-hydrogen) atoms. The Balaban J connectivity index is 1.49. The van der Waals surface area contributed by atoms with Gasteiger partial charge in [0.25, 0.3) is 5.91 Å². The van der Waals surface area contributed by atoms with E-state index in [1.807, 2.05) is 6.07 Å². The Hall–Kier alpha value is -2.35. The SMILES string of the molecule is O=C(Nc1nc2ccc(CN3CCOCC3)cc2s1)c1cccnc1. The molecule has 7 heteroatoms. The molecule has 0 aliphatic carbocycles.